The number of hydrogen-bond acceptors (Lipinski definition) is 5. The Morgan fingerprint density at radius 2 is 1.68 bits per heavy atom. The number of methoxy groups -OCH3 is 2. The SMILES string of the molecule is CCOc1ccc(CNC(=NC)N2CCN(c3ccc(OC)cc3)CC2)cc1OC.I. The molecule has 1 aliphatic heterocycles. The summed E-state index contributed by atoms with van der Waals surface area (Å²) in [4.78, 5) is 9.16. The number of rotatable bonds is 7. The quantitative estimate of drug-likeness (QED) is 0.329. The summed E-state index contributed by atoms with van der Waals surface area (Å²) < 4.78 is 16.3. The van der Waals surface area contributed by atoms with E-state index in [9.17, 15) is 0 Å². The highest BCUT2D eigenvalue weighted by Crippen LogP contribution is 2.28. The number of hydrogen-bond donors (Lipinski definition) is 1. The van der Waals surface area contributed by atoms with Gasteiger partial charge in [-0.05, 0) is 48.9 Å². The largest absolute Gasteiger partial charge is 0.497 e. The first-order chi connectivity index (χ1) is 14.7. The van der Waals surface area contributed by atoms with Gasteiger partial charge in [0.05, 0.1) is 20.8 Å². The van der Waals surface area contributed by atoms with Gasteiger partial charge in [0.1, 0.15) is 5.75 Å². The van der Waals surface area contributed by atoms with Gasteiger partial charge in [-0.2, -0.15) is 0 Å². The summed E-state index contributed by atoms with van der Waals surface area (Å²) in [6.45, 7) is 6.98. The van der Waals surface area contributed by atoms with Gasteiger partial charge in [-0.1, -0.05) is 6.07 Å². The monoisotopic (exact) mass is 540 g/mol. The first kappa shape index (κ1) is 24.9. The topological polar surface area (TPSA) is 58.6 Å². The number of benzene rings is 2. The van der Waals surface area contributed by atoms with E-state index in [1.54, 1.807) is 14.2 Å². The normalized spacial score (nSPS) is 14.0. The van der Waals surface area contributed by atoms with Crippen LogP contribution in [0.25, 0.3) is 0 Å². The number of ether oxygens (including phenoxy) is 3. The van der Waals surface area contributed by atoms with Crippen LogP contribution in [0.3, 0.4) is 0 Å². The van der Waals surface area contributed by atoms with Crippen LogP contribution >= 0.6 is 24.0 Å². The number of guanidine groups is 1. The Morgan fingerprint density at radius 1 is 0.968 bits per heavy atom. The summed E-state index contributed by atoms with van der Waals surface area (Å²) in [5.74, 6) is 3.31. The second-order valence-electron chi connectivity index (χ2n) is 6.99. The van der Waals surface area contributed by atoms with Gasteiger partial charge >= 0.3 is 0 Å². The number of anilines is 1. The average molecular weight is 540 g/mol. The second-order valence-corrected chi connectivity index (χ2v) is 6.99. The Balaban J connectivity index is 0.00000341. The van der Waals surface area contributed by atoms with Crippen molar-refractivity contribution >= 4 is 35.6 Å². The molecule has 0 radical (unpaired) electrons. The third-order valence-corrected chi connectivity index (χ3v) is 5.21. The molecule has 1 N–H and O–H groups in total. The van der Waals surface area contributed by atoms with Gasteiger partial charge in [0, 0.05) is 45.5 Å². The predicted molar refractivity (Wildman–Crippen MR) is 137 cm³/mol. The molecule has 7 nitrogen and oxygen atoms in total. The minimum atomic E-state index is 0. The minimum Gasteiger partial charge on any atom is -0.497 e. The van der Waals surface area contributed by atoms with E-state index in [1.807, 2.05) is 38.2 Å². The van der Waals surface area contributed by atoms with E-state index in [0.717, 1.165) is 55.0 Å². The molecule has 0 bridgehead atoms. The van der Waals surface area contributed by atoms with Gasteiger partial charge in [-0.3, -0.25) is 4.99 Å². The van der Waals surface area contributed by atoms with Crippen molar-refractivity contribution in [3.63, 3.8) is 0 Å². The fourth-order valence-electron chi connectivity index (χ4n) is 3.58. The Morgan fingerprint density at radius 3 is 2.26 bits per heavy atom. The van der Waals surface area contributed by atoms with Gasteiger partial charge in [-0.15, -0.1) is 24.0 Å². The summed E-state index contributed by atoms with van der Waals surface area (Å²) >= 11 is 0. The standard InChI is InChI=1S/C23H32N4O3.HI/c1-5-30-21-11-6-18(16-22(21)29-4)17-25-23(24-2)27-14-12-26(13-15-27)19-7-9-20(28-3)10-8-19;/h6-11,16H,5,12-15,17H2,1-4H3,(H,24,25);1H. The molecule has 8 heteroatoms. The Labute approximate surface area is 202 Å². The molecule has 2 aromatic rings. The van der Waals surface area contributed by atoms with E-state index >= 15 is 0 Å². The van der Waals surface area contributed by atoms with Gasteiger partial charge in [-0.25, -0.2) is 0 Å². The highest BCUT2D eigenvalue weighted by molar-refractivity contribution is 14.0. The summed E-state index contributed by atoms with van der Waals surface area (Å²) in [5, 5.41) is 3.47. The highest BCUT2D eigenvalue weighted by atomic mass is 127. The highest BCUT2D eigenvalue weighted by Gasteiger charge is 2.20. The third kappa shape index (κ3) is 6.56. The molecular weight excluding hydrogens is 507 g/mol. The number of nitrogens with zero attached hydrogens (tertiary/aromatic N) is 3. The molecule has 170 valence electrons. The molecule has 0 aromatic heterocycles. The van der Waals surface area contributed by atoms with Crippen LogP contribution in [0.4, 0.5) is 5.69 Å². The van der Waals surface area contributed by atoms with Crippen LogP contribution < -0.4 is 24.4 Å². The number of halogens is 1. The van der Waals surface area contributed by atoms with Crippen molar-refractivity contribution < 1.29 is 14.2 Å². The molecule has 31 heavy (non-hydrogen) atoms. The van der Waals surface area contributed by atoms with Crippen molar-refractivity contribution in [1.82, 2.24) is 10.2 Å². The van der Waals surface area contributed by atoms with E-state index in [-0.39, 0.29) is 24.0 Å². The van der Waals surface area contributed by atoms with Crippen LogP contribution in [0, 0.1) is 0 Å². The zero-order valence-corrected chi connectivity index (χ0v) is 21.1. The molecule has 3 rings (SSSR count). The Bertz CT molecular complexity index is 837. The van der Waals surface area contributed by atoms with Crippen molar-refractivity contribution in [2.45, 2.75) is 13.5 Å². The molecule has 1 saturated heterocycles. The van der Waals surface area contributed by atoms with Crippen molar-refractivity contribution in [3.05, 3.63) is 48.0 Å². The van der Waals surface area contributed by atoms with Gasteiger partial charge in [0.25, 0.3) is 0 Å². The maximum Gasteiger partial charge on any atom is 0.194 e. The second kappa shape index (κ2) is 12.5. The number of piperazine rings is 1. The Hall–Kier alpha value is -2.36. The molecule has 1 heterocycles. The van der Waals surface area contributed by atoms with Gasteiger partial charge in [0.15, 0.2) is 17.5 Å². The third-order valence-electron chi connectivity index (χ3n) is 5.21. The molecule has 0 atom stereocenters. The van der Waals surface area contributed by atoms with Crippen LogP contribution in [0.2, 0.25) is 0 Å². The molecule has 0 aliphatic carbocycles. The smallest absolute Gasteiger partial charge is 0.194 e. The first-order valence-corrected chi connectivity index (χ1v) is 10.3. The predicted octanol–water partition coefficient (Wildman–Crippen LogP) is 3.62. The average Bonchev–Trinajstić information content (AvgIpc) is 2.81. The lowest BCUT2D eigenvalue weighted by molar-refractivity contribution is 0.310. The molecule has 0 saturated carbocycles. The zero-order chi connectivity index (χ0) is 21.3. The summed E-state index contributed by atoms with van der Waals surface area (Å²) in [7, 11) is 5.18. The maximum atomic E-state index is 5.60. The minimum absolute atomic E-state index is 0. The lowest BCUT2D eigenvalue weighted by Crippen LogP contribution is -2.52. The fraction of sp³-hybridized carbons (Fsp3) is 0.435. The zero-order valence-electron chi connectivity index (χ0n) is 18.8. The summed E-state index contributed by atoms with van der Waals surface area (Å²) in [6.07, 6.45) is 0. The molecule has 0 unspecified atom stereocenters. The van der Waals surface area contributed by atoms with E-state index in [1.165, 1.54) is 5.69 Å². The first-order valence-electron chi connectivity index (χ1n) is 10.3. The molecular formula is C23H33IN4O3. The molecule has 0 spiro atoms. The van der Waals surface area contributed by atoms with Crippen molar-refractivity contribution in [1.29, 1.82) is 0 Å². The summed E-state index contributed by atoms with van der Waals surface area (Å²) in [5.41, 5.74) is 2.34. The molecule has 0 amide bonds. The molecule has 1 aliphatic rings. The van der Waals surface area contributed by atoms with E-state index in [0.29, 0.717) is 13.2 Å². The lowest BCUT2D eigenvalue weighted by Gasteiger charge is -2.37. The Kier molecular flexibility index (Phi) is 10.0. The van der Waals surface area contributed by atoms with Gasteiger partial charge in [0.2, 0.25) is 0 Å². The van der Waals surface area contributed by atoms with Crippen molar-refractivity contribution in [3.8, 4) is 17.2 Å². The van der Waals surface area contributed by atoms with Crippen LogP contribution in [0.1, 0.15) is 12.5 Å². The number of nitrogens with one attached hydrogen (secondary N) is 1. The van der Waals surface area contributed by atoms with Crippen molar-refractivity contribution in [2.75, 3.05) is 59.0 Å². The van der Waals surface area contributed by atoms with Crippen LogP contribution in [0.15, 0.2) is 47.5 Å². The lowest BCUT2D eigenvalue weighted by atomic mass is 10.2. The maximum absolute atomic E-state index is 5.60. The van der Waals surface area contributed by atoms with Crippen LogP contribution in [0.5, 0.6) is 17.2 Å². The molecule has 1 fully saturated rings. The van der Waals surface area contributed by atoms with E-state index in [2.05, 4.69) is 38.3 Å². The van der Waals surface area contributed by atoms with Crippen LogP contribution in [-0.4, -0.2) is 64.9 Å². The van der Waals surface area contributed by atoms with Crippen molar-refractivity contribution in [2.24, 2.45) is 4.99 Å². The van der Waals surface area contributed by atoms with E-state index in [4.69, 9.17) is 14.2 Å². The van der Waals surface area contributed by atoms with Crippen LogP contribution in [-0.2, 0) is 6.54 Å². The van der Waals surface area contributed by atoms with Gasteiger partial charge < -0.3 is 29.3 Å². The van der Waals surface area contributed by atoms with E-state index < -0.39 is 0 Å². The molecule has 2 aromatic carbocycles. The summed E-state index contributed by atoms with van der Waals surface area (Å²) in [6, 6.07) is 14.3. The fourth-order valence-corrected chi connectivity index (χ4v) is 3.58. The number of aliphatic imine (C=N–C) groups is 1.